The van der Waals surface area contributed by atoms with Crippen molar-refractivity contribution in [1.29, 1.82) is 0 Å². The molecule has 0 spiro atoms. The molecule has 0 saturated heterocycles. The molecule has 0 radical (unpaired) electrons. The first-order valence-electron chi connectivity index (χ1n) is 3.25. The lowest BCUT2D eigenvalue weighted by atomic mass is 10.1. The van der Waals surface area contributed by atoms with Crippen molar-refractivity contribution in [3.05, 3.63) is 0 Å². The number of nitrogens with two attached hydrogens (primary N) is 1. The average molecular weight is 152 g/mol. The first-order chi connectivity index (χ1) is 3.93. The van der Waals surface area contributed by atoms with Crippen LogP contribution in [0.1, 0.15) is 25.7 Å². The summed E-state index contributed by atoms with van der Waals surface area (Å²) in [5.41, 5.74) is 0. The molecule has 1 rings (SSSR count). The van der Waals surface area contributed by atoms with Gasteiger partial charge in [-0.05, 0) is 18.8 Å². The molecular formula is C6H14ClNO. The third kappa shape index (κ3) is 3.04. The summed E-state index contributed by atoms with van der Waals surface area (Å²) in [6.07, 6.45) is 5.37. The molecule has 0 amide bonds. The average Bonchev–Trinajstić information content (AvgIpc) is 2.19. The van der Waals surface area contributed by atoms with E-state index < -0.39 is 0 Å². The standard InChI is InChI=1S/C6H13NO.ClH/c7-8-5-6-3-1-2-4-6;/h6H,1-5,7H2;1H. The molecule has 1 saturated carbocycles. The zero-order valence-electron chi connectivity index (χ0n) is 5.51. The van der Waals surface area contributed by atoms with E-state index in [1.165, 1.54) is 25.7 Å². The topological polar surface area (TPSA) is 35.2 Å². The monoisotopic (exact) mass is 151 g/mol. The van der Waals surface area contributed by atoms with Crippen molar-refractivity contribution < 1.29 is 4.84 Å². The largest absolute Gasteiger partial charge is 0.304 e. The van der Waals surface area contributed by atoms with Gasteiger partial charge in [-0.2, -0.15) is 0 Å². The number of halogens is 1. The molecule has 3 heteroatoms. The molecular weight excluding hydrogens is 138 g/mol. The first kappa shape index (κ1) is 9.21. The SMILES string of the molecule is Cl.NOCC1CCCC1. The summed E-state index contributed by atoms with van der Waals surface area (Å²) in [4.78, 5) is 4.53. The Hall–Kier alpha value is 0.210. The Morgan fingerprint density at radius 3 is 2.33 bits per heavy atom. The quantitative estimate of drug-likeness (QED) is 0.607. The van der Waals surface area contributed by atoms with Crippen LogP contribution in [0.5, 0.6) is 0 Å². The maximum absolute atomic E-state index is 4.91. The normalized spacial score (nSPS) is 19.7. The zero-order chi connectivity index (χ0) is 5.82. The minimum Gasteiger partial charge on any atom is -0.304 e. The molecule has 2 N–H and O–H groups in total. The van der Waals surface area contributed by atoms with E-state index in [1.54, 1.807) is 0 Å². The molecule has 0 heterocycles. The fourth-order valence-corrected chi connectivity index (χ4v) is 1.31. The highest BCUT2D eigenvalue weighted by Gasteiger charge is 2.13. The number of rotatable bonds is 2. The van der Waals surface area contributed by atoms with Gasteiger partial charge >= 0.3 is 0 Å². The Balaban J connectivity index is 0.000000640. The van der Waals surface area contributed by atoms with E-state index in [1.807, 2.05) is 0 Å². The highest BCUT2D eigenvalue weighted by molar-refractivity contribution is 5.85. The molecule has 0 aromatic rings. The van der Waals surface area contributed by atoms with E-state index in [9.17, 15) is 0 Å². The molecule has 1 fully saturated rings. The first-order valence-corrected chi connectivity index (χ1v) is 3.25. The predicted octanol–water partition coefficient (Wildman–Crippen LogP) is 1.49. The van der Waals surface area contributed by atoms with Crippen LogP contribution in [0.2, 0.25) is 0 Å². The second kappa shape index (κ2) is 5.03. The summed E-state index contributed by atoms with van der Waals surface area (Å²) in [5, 5.41) is 0. The fourth-order valence-electron chi connectivity index (χ4n) is 1.31. The Labute approximate surface area is 62.1 Å². The molecule has 0 unspecified atom stereocenters. The van der Waals surface area contributed by atoms with Crippen molar-refractivity contribution in [2.45, 2.75) is 25.7 Å². The number of hydrogen-bond donors (Lipinski definition) is 1. The highest BCUT2D eigenvalue weighted by atomic mass is 35.5. The van der Waals surface area contributed by atoms with E-state index in [0.717, 1.165) is 12.5 Å². The lowest BCUT2D eigenvalue weighted by Gasteiger charge is -2.03. The minimum atomic E-state index is 0. The Morgan fingerprint density at radius 2 is 1.89 bits per heavy atom. The van der Waals surface area contributed by atoms with Gasteiger partial charge in [0.1, 0.15) is 0 Å². The van der Waals surface area contributed by atoms with Crippen molar-refractivity contribution in [1.82, 2.24) is 0 Å². The summed E-state index contributed by atoms with van der Waals surface area (Å²) < 4.78 is 0. The van der Waals surface area contributed by atoms with E-state index >= 15 is 0 Å². The lowest BCUT2D eigenvalue weighted by Crippen LogP contribution is -2.09. The van der Waals surface area contributed by atoms with Crippen LogP contribution in [-0.4, -0.2) is 6.61 Å². The van der Waals surface area contributed by atoms with Gasteiger partial charge in [0.15, 0.2) is 0 Å². The van der Waals surface area contributed by atoms with Gasteiger partial charge in [0, 0.05) is 0 Å². The van der Waals surface area contributed by atoms with Gasteiger partial charge in [-0.1, -0.05) is 12.8 Å². The summed E-state index contributed by atoms with van der Waals surface area (Å²) in [7, 11) is 0. The fraction of sp³-hybridized carbons (Fsp3) is 1.00. The second-order valence-electron chi connectivity index (χ2n) is 2.48. The van der Waals surface area contributed by atoms with Gasteiger partial charge in [0.05, 0.1) is 6.61 Å². The van der Waals surface area contributed by atoms with Crippen molar-refractivity contribution >= 4 is 12.4 Å². The minimum absolute atomic E-state index is 0. The Bertz CT molecular complexity index is 64.1. The van der Waals surface area contributed by atoms with Gasteiger partial charge < -0.3 is 4.84 Å². The van der Waals surface area contributed by atoms with Crippen molar-refractivity contribution in [3.63, 3.8) is 0 Å². The van der Waals surface area contributed by atoms with Gasteiger partial charge in [0.25, 0.3) is 0 Å². The Morgan fingerprint density at radius 1 is 1.33 bits per heavy atom. The highest BCUT2D eigenvalue weighted by Crippen LogP contribution is 2.23. The van der Waals surface area contributed by atoms with Gasteiger partial charge in [-0.3, -0.25) is 0 Å². The van der Waals surface area contributed by atoms with Crippen LogP contribution in [0.3, 0.4) is 0 Å². The van der Waals surface area contributed by atoms with Crippen LogP contribution in [0.25, 0.3) is 0 Å². The van der Waals surface area contributed by atoms with Gasteiger partial charge in [-0.25, -0.2) is 5.90 Å². The summed E-state index contributed by atoms with van der Waals surface area (Å²) in [6.45, 7) is 0.764. The third-order valence-electron chi connectivity index (χ3n) is 1.81. The van der Waals surface area contributed by atoms with Crippen LogP contribution in [0.15, 0.2) is 0 Å². The molecule has 0 atom stereocenters. The molecule has 56 valence electrons. The summed E-state index contributed by atoms with van der Waals surface area (Å²) >= 11 is 0. The molecule has 0 aromatic carbocycles. The second-order valence-corrected chi connectivity index (χ2v) is 2.48. The van der Waals surface area contributed by atoms with Crippen molar-refractivity contribution in [3.8, 4) is 0 Å². The van der Waals surface area contributed by atoms with Crippen LogP contribution >= 0.6 is 12.4 Å². The number of hydrogen-bond acceptors (Lipinski definition) is 2. The predicted molar refractivity (Wildman–Crippen MR) is 39.3 cm³/mol. The molecule has 9 heavy (non-hydrogen) atoms. The molecule has 1 aliphatic carbocycles. The Kier molecular flexibility index (Phi) is 5.15. The van der Waals surface area contributed by atoms with E-state index in [4.69, 9.17) is 5.90 Å². The van der Waals surface area contributed by atoms with Crippen LogP contribution in [0, 0.1) is 5.92 Å². The third-order valence-corrected chi connectivity index (χ3v) is 1.81. The van der Waals surface area contributed by atoms with Crippen LogP contribution in [-0.2, 0) is 4.84 Å². The van der Waals surface area contributed by atoms with Crippen molar-refractivity contribution in [2.24, 2.45) is 11.8 Å². The van der Waals surface area contributed by atoms with Gasteiger partial charge in [0.2, 0.25) is 0 Å². The van der Waals surface area contributed by atoms with E-state index in [0.29, 0.717) is 0 Å². The van der Waals surface area contributed by atoms with Gasteiger partial charge in [-0.15, -0.1) is 12.4 Å². The van der Waals surface area contributed by atoms with Crippen LogP contribution < -0.4 is 5.90 Å². The van der Waals surface area contributed by atoms with Crippen LogP contribution in [0.4, 0.5) is 0 Å². The summed E-state index contributed by atoms with van der Waals surface area (Å²) in [6, 6.07) is 0. The lowest BCUT2D eigenvalue weighted by molar-refractivity contribution is 0.103. The molecule has 0 aliphatic heterocycles. The maximum Gasteiger partial charge on any atom is 0.0707 e. The smallest absolute Gasteiger partial charge is 0.0707 e. The van der Waals surface area contributed by atoms with Crippen molar-refractivity contribution in [2.75, 3.05) is 6.61 Å². The molecule has 0 bridgehead atoms. The molecule has 1 aliphatic rings. The summed E-state index contributed by atoms with van der Waals surface area (Å²) in [5.74, 6) is 5.67. The molecule has 2 nitrogen and oxygen atoms in total. The zero-order valence-corrected chi connectivity index (χ0v) is 6.32. The van der Waals surface area contributed by atoms with E-state index in [-0.39, 0.29) is 12.4 Å². The molecule has 0 aromatic heterocycles. The maximum atomic E-state index is 4.91. The van der Waals surface area contributed by atoms with E-state index in [2.05, 4.69) is 4.84 Å².